The monoisotopic (exact) mass is 370 g/mol. The predicted octanol–water partition coefficient (Wildman–Crippen LogP) is -0.280. The van der Waals surface area contributed by atoms with Crippen molar-refractivity contribution in [2.45, 2.75) is 49.2 Å². The number of rotatable bonds is 2. The zero-order valence-corrected chi connectivity index (χ0v) is 14.6. The van der Waals surface area contributed by atoms with Crippen LogP contribution in [-0.2, 0) is 0 Å². The van der Waals surface area contributed by atoms with Crippen LogP contribution in [0.5, 0.6) is 0 Å². The van der Waals surface area contributed by atoms with Crippen LogP contribution >= 0.6 is 11.6 Å². The molecule has 3 heterocycles. The lowest BCUT2D eigenvalue weighted by atomic mass is 9.96. The molecule has 140 valence electrons. The number of piperidine rings is 2. The number of nitrogens with zero attached hydrogens (tertiary/aromatic N) is 2. The van der Waals surface area contributed by atoms with Crippen LogP contribution in [-0.4, -0.2) is 79.0 Å². The average Bonchev–Trinajstić information content (AvgIpc) is 2.55. The van der Waals surface area contributed by atoms with Crippen molar-refractivity contribution in [3.8, 4) is 0 Å². The topological polar surface area (TPSA) is 61.1 Å². The van der Waals surface area contributed by atoms with Crippen molar-refractivity contribution >= 4 is 11.6 Å². The van der Waals surface area contributed by atoms with Crippen LogP contribution < -0.4 is 16.4 Å². The molecule has 9 heteroatoms. The Kier molecular flexibility index (Phi) is 5.94. The summed E-state index contributed by atoms with van der Waals surface area (Å²) in [4.78, 5) is 4.60. The molecule has 0 aromatic carbocycles. The lowest BCUT2D eigenvalue weighted by molar-refractivity contribution is -0.719. The summed E-state index contributed by atoms with van der Waals surface area (Å²) in [5.74, 6) is -1.34. The number of hydrogen-bond acceptors (Lipinski definition) is 4. The van der Waals surface area contributed by atoms with E-state index in [-0.39, 0.29) is 25.2 Å². The van der Waals surface area contributed by atoms with Gasteiger partial charge in [-0.05, 0) is 19.3 Å². The molecule has 0 aromatic rings. The van der Waals surface area contributed by atoms with Gasteiger partial charge in [-0.1, -0.05) is 0 Å². The van der Waals surface area contributed by atoms with Gasteiger partial charge in [-0.2, -0.15) is 13.2 Å². The van der Waals surface area contributed by atoms with Crippen LogP contribution in [0.1, 0.15) is 19.3 Å². The number of hydrogen-bond donors (Lipinski definition) is 3. The maximum atomic E-state index is 12.8. The molecule has 3 fully saturated rings. The lowest BCUT2D eigenvalue weighted by Gasteiger charge is -2.46. The summed E-state index contributed by atoms with van der Waals surface area (Å²) in [6, 6.07) is 0.200. The van der Waals surface area contributed by atoms with Crippen LogP contribution in [0.25, 0.3) is 0 Å². The van der Waals surface area contributed by atoms with Gasteiger partial charge >= 0.3 is 6.18 Å². The number of quaternary nitrogens is 1. The second kappa shape index (κ2) is 7.63. The third kappa shape index (κ3) is 4.16. The van der Waals surface area contributed by atoms with Gasteiger partial charge in [0, 0.05) is 32.7 Å². The lowest BCUT2D eigenvalue weighted by Crippen LogP contribution is -2.98. The maximum Gasteiger partial charge on any atom is 0.393 e. The minimum Gasteiger partial charge on any atom is -0.330 e. The van der Waals surface area contributed by atoms with Crippen molar-refractivity contribution in [1.29, 1.82) is 0 Å². The standard InChI is InChI=1S/C15H27ClF3N5/c16-11-8-10(15(17,18)19)9-22-13(11)23-4-6-24(7-5-23)14-12(20)2-1-3-21-14/h10-14,21-22H,1-9,20H2/p+1. The van der Waals surface area contributed by atoms with Gasteiger partial charge in [0.05, 0.1) is 30.0 Å². The molecule has 3 rings (SSSR count). The molecule has 0 spiro atoms. The average molecular weight is 371 g/mol. The fourth-order valence-electron chi connectivity index (χ4n) is 4.20. The first-order valence-corrected chi connectivity index (χ1v) is 9.31. The quantitative estimate of drug-likeness (QED) is 0.585. The van der Waals surface area contributed by atoms with E-state index in [1.807, 2.05) is 0 Å². The molecule has 3 saturated heterocycles. The summed E-state index contributed by atoms with van der Waals surface area (Å²) in [5, 5.41) is 4.83. The third-order valence-electron chi connectivity index (χ3n) is 5.64. The molecule has 0 amide bonds. The van der Waals surface area contributed by atoms with Crippen molar-refractivity contribution in [3.63, 3.8) is 0 Å². The highest BCUT2D eigenvalue weighted by atomic mass is 35.5. The molecule has 5 N–H and O–H groups in total. The minimum atomic E-state index is -4.17. The number of nitrogens with one attached hydrogen (secondary N) is 1. The molecule has 0 radical (unpaired) electrons. The van der Waals surface area contributed by atoms with Gasteiger partial charge in [-0.15, -0.1) is 11.6 Å². The molecule has 5 nitrogen and oxygen atoms in total. The molecule has 0 saturated carbocycles. The van der Waals surface area contributed by atoms with E-state index in [0.717, 1.165) is 45.6 Å². The first kappa shape index (κ1) is 18.7. The van der Waals surface area contributed by atoms with Gasteiger partial charge < -0.3 is 11.1 Å². The summed E-state index contributed by atoms with van der Waals surface area (Å²) < 4.78 is 38.5. The van der Waals surface area contributed by atoms with Crippen molar-refractivity contribution < 1.29 is 18.5 Å². The smallest absolute Gasteiger partial charge is 0.330 e. The first-order chi connectivity index (χ1) is 11.4. The van der Waals surface area contributed by atoms with E-state index in [0.29, 0.717) is 6.17 Å². The fourth-order valence-corrected chi connectivity index (χ4v) is 4.67. The Morgan fingerprint density at radius 3 is 2.38 bits per heavy atom. The van der Waals surface area contributed by atoms with Crippen LogP contribution in [0, 0.1) is 5.92 Å². The summed E-state index contributed by atoms with van der Waals surface area (Å²) in [7, 11) is 0. The highest BCUT2D eigenvalue weighted by Gasteiger charge is 2.46. The number of piperazine rings is 1. The minimum absolute atomic E-state index is 0.00971. The Hall–Kier alpha value is -0.120. The second-order valence-electron chi connectivity index (χ2n) is 7.24. The Labute approximate surface area is 146 Å². The van der Waals surface area contributed by atoms with Crippen molar-refractivity contribution in [2.75, 3.05) is 39.3 Å². The predicted molar refractivity (Wildman–Crippen MR) is 86.5 cm³/mol. The van der Waals surface area contributed by atoms with Crippen LogP contribution in [0.4, 0.5) is 13.2 Å². The van der Waals surface area contributed by atoms with E-state index in [1.165, 1.54) is 0 Å². The number of nitrogens with two attached hydrogens (primary N) is 2. The molecule has 0 bridgehead atoms. The van der Waals surface area contributed by atoms with Gasteiger partial charge in [-0.3, -0.25) is 15.1 Å². The van der Waals surface area contributed by atoms with Crippen molar-refractivity contribution in [3.05, 3.63) is 0 Å². The molecular weight excluding hydrogens is 343 g/mol. The van der Waals surface area contributed by atoms with E-state index < -0.39 is 17.5 Å². The normalized spacial score (nSPS) is 40.6. The Balaban J connectivity index is 1.50. The summed E-state index contributed by atoms with van der Waals surface area (Å²) in [6.45, 7) is 4.48. The van der Waals surface area contributed by atoms with Gasteiger partial charge in [-0.25, -0.2) is 0 Å². The van der Waals surface area contributed by atoms with Crippen molar-refractivity contribution in [2.24, 2.45) is 11.7 Å². The Morgan fingerprint density at radius 1 is 1.12 bits per heavy atom. The summed E-state index contributed by atoms with van der Waals surface area (Å²) in [5.41, 5.74) is 6.24. The van der Waals surface area contributed by atoms with E-state index in [1.54, 1.807) is 0 Å². The van der Waals surface area contributed by atoms with Gasteiger partial charge in [0.15, 0.2) is 6.17 Å². The molecule has 3 aliphatic heterocycles. The van der Waals surface area contributed by atoms with Gasteiger partial charge in [0.1, 0.15) is 0 Å². The molecule has 24 heavy (non-hydrogen) atoms. The SMILES string of the molecule is NC1CCC[NH2+]C1N1CCN(C2NCC(C(F)(F)F)CC2Cl)CC1. The number of alkyl halides is 4. The van der Waals surface area contributed by atoms with Gasteiger partial charge in [0.2, 0.25) is 0 Å². The molecule has 3 aliphatic rings. The zero-order valence-electron chi connectivity index (χ0n) is 13.8. The van der Waals surface area contributed by atoms with Crippen molar-refractivity contribution in [1.82, 2.24) is 15.1 Å². The molecule has 5 unspecified atom stereocenters. The summed E-state index contributed by atoms with van der Waals surface area (Å²) in [6.07, 6.45) is -1.79. The van der Waals surface area contributed by atoms with E-state index in [4.69, 9.17) is 17.3 Å². The van der Waals surface area contributed by atoms with Gasteiger partial charge in [0.25, 0.3) is 0 Å². The molecule has 5 atom stereocenters. The summed E-state index contributed by atoms with van der Waals surface area (Å²) >= 11 is 6.28. The van der Waals surface area contributed by atoms with Crippen LogP contribution in [0.3, 0.4) is 0 Å². The second-order valence-corrected chi connectivity index (χ2v) is 7.80. The zero-order chi connectivity index (χ0) is 17.3. The molecule has 0 aliphatic carbocycles. The van der Waals surface area contributed by atoms with Crippen LogP contribution in [0.2, 0.25) is 0 Å². The highest BCUT2D eigenvalue weighted by Crippen LogP contribution is 2.34. The van der Waals surface area contributed by atoms with E-state index >= 15 is 0 Å². The fraction of sp³-hybridized carbons (Fsp3) is 1.00. The number of halogens is 4. The molecule has 0 aromatic heterocycles. The highest BCUT2D eigenvalue weighted by molar-refractivity contribution is 6.21. The van der Waals surface area contributed by atoms with E-state index in [2.05, 4.69) is 20.4 Å². The largest absolute Gasteiger partial charge is 0.393 e. The first-order valence-electron chi connectivity index (χ1n) is 8.87. The Bertz CT molecular complexity index is 416. The molecular formula is C15H28ClF3N5+. The Morgan fingerprint density at radius 2 is 1.79 bits per heavy atom. The third-order valence-corrected chi connectivity index (χ3v) is 6.06. The maximum absolute atomic E-state index is 12.8. The van der Waals surface area contributed by atoms with Crippen LogP contribution in [0.15, 0.2) is 0 Å². The van der Waals surface area contributed by atoms with E-state index in [9.17, 15) is 13.2 Å².